The van der Waals surface area contributed by atoms with E-state index in [1.807, 2.05) is 19.1 Å². The quantitative estimate of drug-likeness (QED) is 0.908. The average Bonchev–Trinajstić information content (AvgIpc) is 2.85. The van der Waals surface area contributed by atoms with Crippen molar-refractivity contribution in [3.05, 3.63) is 34.6 Å². The van der Waals surface area contributed by atoms with Crippen molar-refractivity contribution in [2.24, 2.45) is 0 Å². The Morgan fingerprint density at radius 2 is 2.29 bits per heavy atom. The molecule has 2 rings (SSSR count). The smallest absolute Gasteiger partial charge is 0.214 e. The molecular weight excluding hydrogens is 240 g/mol. The van der Waals surface area contributed by atoms with Gasteiger partial charge in [-0.15, -0.1) is 10.2 Å². The number of aryl methyl sites for hydroxylation is 1. The largest absolute Gasteiger partial charge is 0.482 e. The molecule has 1 unspecified atom stereocenters. The zero-order chi connectivity index (χ0) is 12.3. The number of nitrogens with zero attached hydrogens (tertiary/aromatic N) is 3. The first kappa shape index (κ1) is 11.9. The van der Waals surface area contributed by atoms with Crippen molar-refractivity contribution in [3.63, 3.8) is 0 Å². The van der Waals surface area contributed by atoms with Crippen molar-refractivity contribution in [2.45, 2.75) is 26.4 Å². The van der Waals surface area contributed by atoms with Gasteiger partial charge in [0.05, 0.1) is 0 Å². The lowest BCUT2D eigenvalue weighted by molar-refractivity contribution is 0.214. The molecule has 90 valence electrons. The third-order valence-electron chi connectivity index (χ3n) is 2.43. The Hall–Kier alpha value is -1.62. The summed E-state index contributed by atoms with van der Waals surface area (Å²) in [6.07, 6.45) is 0.606. The molecule has 0 radical (unpaired) electrons. The Morgan fingerprint density at radius 3 is 2.94 bits per heavy atom. The number of nitrogens with one attached hydrogen (secondary N) is 1. The van der Waals surface area contributed by atoms with Crippen LogP contribution in [0.4, 0.5) is 0 Å². The SMILES string of the molecule is CCc1cc(Cl)ccc1OC(C)c1nn[nH]n1. The molecule has 1 aromatic heterocycles. The van der Waals surface area contributed by atoms with Gasteiger partial charge in [-0.1, -0.05) is 23.7 Å². The summed E-state index contributed by atoms with van der Waals surface area (Å²) in [5, 5.41) is 14.4. The van der Waals surface area contributed by atoms with Crippen molar-refractivity contribution in [1.82, 2.24) is 20.6 Å². The number of hydrogen-bond acceptors (Lipinski definition) is 4. The zero-order valence-electron chi connectivity index (χ0n) is 9.64. The lowest BCUT2D eigenvalue weighted by Gasteiger charge is -2.14. The molecule has 5 nitrogen and oxygen atoms in total. The fourth-order valence-electron chi connectivity index (χ4n) is 1.52. The standard InChI is InChI=1S/C11H13ClN4O/c1-3-8-6-9(12)4-5-10(8)17-7(2)11-13-15-16-14-11/h4-7H,3H2,1-2H3,(H,13,14,15,16). The predicted molar refractivity (Wildman–Crippen MR) is 64.1 cm³/mol. The molecule has 0 saturated carbocycles. The summed E-state index contributed by atoms with van der Waals surface area (Å²) in [6.45, 7) is 3.93. The summed E-state index contributed by atoms with van der Waals surface area (Å²) >= 11 is 5.94. The highest BCUT2D eigenvalue weighted by molar-refractivity contribution is 6.30. The summed E-state index contributed by atoms with van der Waals surface area (Å²) in [6, 6.07) is 5.57. The summed E-state index contributed by atoms with van der Waals surface area (Å²) in [5.74, 6) is 1.33. The van der Waals surface area contributed by atoms with Crippen molar-refractivity contribution >= 4 is 11.6 Å². The first-order chi connectivity index (χ1) is 8.20. The van der Waals surface area contributed by atoms with Crippen molar-refractivity contribution in [3.8, 4) is 5.75 Å². The Bertz CT molecular complexity index is 486. The second-order valence-corrected chi connectivity index (χ2v) is 4.07. The number of aromatic nitrogens is 4. The van der Waals surface area contributed by atoms with Crippen LogP contribution in [0.3, 0.4) is 0 Å². The normalized spacial score (nSPS) is 12.4. The number of benzene rings is 1. The van der Waals surface area contributed by atoms with Crippen LogP contribution in [-0.2, 0) is 6.42 Å². The van der Waals surface area contributed by atoms with E-state index in [9.17, 15) is 0 Å². The van der Waals surface area contributed by atoms with E-state index in [0.29, 0.717) is 10.8 Å². The van der Waals surface area contributed by atoms with E-state index in [2.05, 4.69) is 27.5 Å². The molecule has 0 spiro atoms. The third kappa shape index (κ3) is 2.74. The number of tetrazole rings is 1. The van der Waals surface area contributed by atoms with Crippen LogP contribution in [0.15, 0.2) is 18.2 Å². The first-order valence-electron chi connectivity index (χ1n) is 5.39. The van der Waals surface area contributed by atoms with Crippen LogP contribution in [0.1, 0.15) is 31.3 Å². The maximum atomic E-state index is 5.94. The van der Waals surface area contributed by atoms with E-state index >= 15 is 0 Å². The number of H-pyrrole nitrogens is 1. The average molecular weight is 253 g/mol. The Kier molecular flexibility index (Phi) is 3.58. The van der Waals surface area contributed by atoms with Crippen LogP contribution < -0.4 is 4.74 Å². The molecule has 1 atom stereocenters. The van der Waals surface area contributed by atoms with Gasteiger partial charge in [-0.3, -0.25) is 0 Å². The molecule has 0 saturated heterocycles. The van der Waals surface area contributed by atoms with Crippen molar-refractivity contribution in [1.29, 1.82) is 0 Å². The molecule has 0 aliphatic rings. The molecule has 0 bridgehead atoms. The molecule has 6 heteroatoms. The van der Waals surface area contributed by atoms with Gasteiger partial charge in [0, 0.05) is 5.02 Å². The second kappa shape index (κ2) is 5.14. The summed E-state index contributed by atoms with van der Waals surface area (Å²) in [4.78, 5) is 0. The number of rotatable bonds is 4. The monoisotopic (exact) mass is 252 g/mol. The Balaban J connectivity index is 2.18. The van der Waals surface area contributed by atoms with E-state index < -0.39 is 0 Å². The molecule has 1 heterocycles. The van der Waals surface area contributed by atoms with Crippen LogP contribution in [0.2, 0.25) is 5.02 Å². The fourth-order valence-corrected chi connectivity index (χ4v) is 1.72. The van der Waals surface area contributed by atoms with Gasteiger partial charge in [0.15, 0.2) is 6.10 Å². The van der Waals surface area contributed by atoms with Gasteiger partial charge in [0.1, 0.15) is 5.75 Å². The van der Waals surface area contributed by atoms with E-state index in [1.165, 1.54) is 0 Å². The highest BCUT2D eigenvalue weighted by Crippen LogP contribution is 2.26. The minimum absolute atomic E-state index is 0.250. The van der Waals surface area contributed by atoms with E-state index in [-0.39, 0.29) is 6.10 Å². The number of aromatic amines is 1. The highest BCUT2D eigenvalue weighted by atomic mass is 35.5. The number of ether oxygens (including phenoxy) is 1. The third-order valence-corrected chi connectivity index (χ3v) is 2.67. The molecule has 2 aromatic rings. The topological polar surface area (TPSA) is 63.7 Å². The fraction of sp³-hybridized carbons (Fsp3) is 0.364. The van der Waals surface area contributed by atoms with Crippen LogP contribution >= 0.6 is 11.6 Å². The number of hydrogen-bond donors (Lipinski definition) is 1. The maximum absolute atomic E-state index is 5.94. The summed E-state index contributed by atoms with van der Waals surface area (Å²) in [7, 11) is 0. The Morgan fingerprint density at radius 1 is 1.47 bits per heavy atom. The van der Waals surface area contributed by atoms with Gasteiger partial charge in [0.2, 0.25) is 5.82 Å². The second-order valence-electron chi connectivity index (χ2n) is 3.64. The zero-order valence-corrected chi connectivity index (χ0v) is 10.4. The van der Waals surface area contributed by atoms with Crippen LogP contribution in [-0.4, -0.2) is 20.6 Å². The van der Waals surface area contributed by atoms with Crippen LogP contribution in [0.5, 0.6) is 5.75 Å². The van der Waals surface area contributed by atoms with E-state index in [4.69, 9.17) is 16.3 Å². The van der Waals surface area contributed by atoms with Crippen LogP contribution in [0, 0.1) is 0 Å². The van der Waals surface area contributed by atoms with Gasteiger partial charge in [-0.05, 0) is 37.1 Å². The summed E-state index contributed by atoms with van der Waals surface area (Å²) in [5.41, 5.74) is 1.06. The van der Waals surface area contributed by atoms with E-state index in [0.717, 1.165) is 17.7 Å². The van der Waals surface area contributed by atoms with Gasteiger partial charge >= 0.3 is 0 Å². The lowest BCUT2D eigenvalue weighted by Crippen LogP contribution is -2.06. The first-order valence-corrected chi connectivity index (χ1v) is 5.77. The van der Waals surface area contributed by atoms with Crippen molar-refractivity contribution < 1.29 is 4.74 Å². The van der Waals surface area contributed by atoms with Gasteiger partial charge in [-0.25, -0.2) is 0 Å². The Labute approximate surface area is 104 Å². The molecular formula is C11H13ClN4O. The van der Waals surface area contributed by atoms with Gasteiger partial charge < -0.3 is 4.74 Å². The molecule has 1 N–H and O–H groups in total. The van der Waals surface area contributed by atoms with Crippen LogP contribution in [0.25, 0.3) is 0 Å². The van der Waals surface area contributed by atoms with Gasteiger partial charge in [-0.2, -0.15) is 5.21 Å². The molecule has 0 aliphatic carbocycles. The lowest BCUT2D eigenvalue weighted by atomic mass is 10.1. The molecule has 0 amide bonds. The van der Waals surface area contributed by atoms with Crippen molar-refractivity contribution in [2.75, 3.05) is 0 Å². The predicted octanol–water partition coefficient (Wildman–Crippen LogP) is 2.56. The molecule has 1 aromatic carbocycles. The van der Waals surface area contributed by atoms with E-state index in [1.54, 1.807) is 6.07 Å². The minimum atomic E-state index is -0.250. The number of halogens is 1. The molecule has 0 aliphatic heterocycles. The molecule has 17 heavy (non-hydrogen) atoms. The summed E-state index contributed by atoms with van der Waals surface area (Å²) < 4.78 is 5.79. The maximum Gasteiger partial charge on any atom is 0.214 e. The van der Waals surface area contributed by atoms with Gasteiger partial charge in [0.25, 0.3) is 0 Å². The highest BCUT2D eigenvalue weighted by Gasteiger charge is 2.13. The molecule has 0 fully saturated rings. The minimum Gasteiger partial charge on any atom is -0.482 e.